The molecule has 1 amide bonds. The molecule has 2 aromatic rings. The summed E-state index contributed by atoms with van der Waals surface area (Å²) < 4.78 is 39.9. The molecule has 0 radical (unpaired) electrons. The minimum absolute atomic E-state index is 0.0168. The van der Waals surface area contributed by atoms with Crippen LogP contribution < -0.4 is 0 Å². The molecular weight excluding hydrogens is 389 g/mol. The summed E-state index contributed by atoms with van der Waals surface area (Å²) in [4.78, 5) is 17.2. The quantitative estimate of drug-likeness (QED) is 0.728. The van der Waals surface area contributed by atoms with E-state index in [2.05, 4.69) is 0 Å². The van der Waals surface area contributed by atoms with Crippen molar-refractivity contribution in [1.82, 2.24) is 14.1 Å². The maximum Gasteiger partial charge on any atom is 0.243 e. The van der Waals surface area contributed by atoms with Crippen molar-refractivity contribution in [2.24, 2.45) is 0 Å². The number of nitrogens with zero attached hydrogens (tertiary/aromatic N) is 3. The molecule has 1 saturated heterocycles. The molecule has 27 heavy (non-hydrogen) atoms. The van der Waals surface area contributed by atoms with Gasteiger partial charge in [0, 0.05) is 37.6 Å². The van der Waals surface area contributed by atoms with Crippen molar-refractivity contribution in [3.63, 3.8) is 0 Å². The highest BCUT2D eigenvalue weighted by molar-refractivity contribution is 7.89. The minimum atomic E-state index is -3.74. The summed E-state index contributed by atoms with van der Waals surface area (Å²) in [5.41, 5.74) is 0. The molecule has 9 heteroatoms. The van der Waals surface area contributed by atoms with Gasteiger partial charge in [0.15, 0.2) is 0 Å². The van der Waals surface area contributed by atoms with E-state index in [1.165, 1.54) is 27.4 Å². The zero-order valence-corrected chi connectivity index (χ0v) is 16.7. The van der Waals surface area contributed by atoms with Crippen LogP contribution in [0.4, 0.5) is 4.39 Å². The lowest BCUT2D eigenvalue weighted by molar-refractivity contribution is -0.133. The monoisotopic (exact) mass is 411 g/mol. The van der Waals surface area contributed by atoms with Crippen LogP contribution in [0.5, 0.6) is 0 Å². The third-order valence-corrected chi connectivity index (χ3v) is 7.19. The first kappa shape index (κ1) is 19.9. The summed E-state index contributed by atoms with van der Waals surface area (Å²) in [6, 6.07) is 9.01. The van der Waals surface area contributed by atoms with Crippen molar-refractivity contribution < 1.29 is 17.6 Å². The molecule has 1 aromatic heterocycles. The molecule has 1 aliphatic heterocycles. The number of amides is 1. The highest BCUT2D eigenvalue weighted by atomic mass is 32.2. The molecule has 0 N–H and O–H groups in total. The number of hydrogen-bond acceptors (Lipinski definition) is 5. The second-order valence-corrected chi connectivity index (χ2v) is 9.46. The summed E-state index contributed by atoms with van der Waals surface area (Å²) in [5, 5.41) is 2.00. The molecule has 0 spiro atoms. The van der Waals surface area contributed by atoms with Crippen LogP contribution in [0.15, 0.2) is 46.7 Å². The zero-order chi connectivity index (χ0) is 19.4. The first-order chi connectivity index (χ1) is 12.9. The largest absolute Gasteiger partial charge is 0.339 e. The van der Waals surface area contributed by atoms with Gasteiger partial charge in [-0.1, -0.05) is 12.1 Å². The Kier molecular flexibility index (Phi) is 6.25. The molecule has 0 unspecified atom stereocenters. The fourth-order valence-corrected chi connectivity index (χ4v) is 5.25. The normalized spacial score (nSPS) is 16.0. The van der Waals surface area contributed by atoms with Crippen LogP contribution in [-0.4, -0.2) is 68.2 Å². The van der Waals surface area contributed by atoms with Gasteiger partial charge in [-0.3, -0.25) is 9.69 Å². The molecule has 6 nitrogen and oxygen atoms in total. The molecule has 0 aliphatic carbocycles. The Balaban J connectivity index is 1.54. The first-order valence-corrected chi connectivity index (χ1v) is 10.9. The minimum Gasteiger partial charge on any atom is -0.339 e. The predicted octanol–water partition coefficient (Wildman–Crippen LogP) is 1.85. The summed E-state index contributed by atoms with van der Waals surface area (Å²) in [7, 11) is -1.85. The van der Waals surface area contributed by atoms with Crippen molar-refractivity contribution >= 4 is 27.3 Å². The van der Waals surface area contributed by atoms with Gasteiger partial charge in [0.2, 0.25) is 15.9 Å². The number of benzene rings is 1. The Labute approximate surface area is 162 Å². The summed E-state index contributed by atoms with van der Waals surface area (Å²) in [6.07, 6.45) is 0. The summed E-state index contributed by atoms with van der Waals surface area (Å²) >= 11 is 1.65. The summed E-state index contributed by atoms with van der Waals surface area (Å²) in [6.45, 7) is 2.07. The fraction of sp³-hybridized carbons (Fsp3) is 0.389. The van der Waals surface area contributed by atoms with Gasteiger partial charge < -0.3 is 4.90 Å². The lowest BCUT2D eigenvalue weighted by Gasteiger charge is -2.34. The Bertz CT molecular complexity index is 879. The molecule has 1 fully saturated rings. The van der Waals surface area contributed by atoms with E-state index in [-0.39, 0.29) is 30.4 Å². The Hall–Kier alpha value is -1.81. The highest BCUT2D eigenvalue weighted by Gasteiger charge is 2.30. The smallest absolute Gasteiger partial charge is 0.243 e. The molecular formula is C18H22FN3O3S2. The van der Waals surface area contributed by atoms with Crippen LogP contribution >= 0.6 is 11.3 Å². The van der Waals surface area contributed by atoms with Gasteiger partial charge >= 0.3 is 0 Å². The fourth-order valence-electron chi connectivity index (χ4n) is 3.01. The Morgan fingerprint density at radius 1 is 1.19 bits per heavy atom. The molecule has 0 bridgehead atoms. The average Bonchev–Trinajstić information content (AvgIpc) is 3.14. The molecule has 2 heterocycles. The third kappa shape index (κ3) is 4.92. The number of carbonyl (C=O) groups is 1. The maximum atomic E-state index is 13.3. The second-order valence-electron chi connectivity index (χ2n) is 6.49. The first-order valence-electron chi connectivity index (χ1n) is 8.60. The average molecular weight is 412 g/mol. The van der Waals surface area contributed by atoms with Crippen LogP contribution in [0.3, 0.4) is 0 Å². The number of halogens is 1. The number of carbonyl (C=O) groups excluding carboxylic acids is 1. The highest BCUT2D eigenvalue weighted by Crippen LogP contribution is 2.18. The van der Waals surface area contributed by atoms with Crippen LogP contribution in [-0.2, 0) is 21.4 Å². The topological polar surface area (TPSA) is 60.9 Å². The van der Waals surface area contributed by atoms with Gasteiger partial charge in [0.25, 0.3) is 0 Å². The standard InChI is InChI=1S/C18H22FN3O3S2/c1-20(13-16-5-3-11-26-16)14-18(23)21-7-9-22(10-8-21)27(24,25)17-6-2-4-15(19)12-17/h2-6,11-12H,7-10,13-14H2,1H3. The van der Waals surface area contributed by atoms with E-state index in [9.17, 15) is 17.6 Å². The zero-order valence-electron chi connectivity index (χ0n) is 15.0. The number of hydrogen-bond donors (Lipinski definition) is 0. The van der Waals surface area contributed by atoms with E-state index in [0.29, 0.717) is 19.6 Å². The lowest BCUT2D eigenvalue weighted by atomic mass is 10.3. The summed E-state index contributed by atoms with van der Waals surface area (Å²) in [5.74, 6) is -0.601. The van der Waals surface area contributed by atoms with Crippen molar-refractivity contribution in [1.29, 1.82) is 0 Å². The number of sulfonamides is 1. The van der Waals surface area contributed by atoms with Crippen LogP contribution in [0.25, 0.3) is 0 Å². The van der Waals surface area contributed by atoms with E-state index in [1.807, 2.05) is 29.5 Å². The molecule has 1 aromatic carbocycles. The van der Waals surface area contributed by atoms with E-state index in [4.69, 9.17) is 0 Å². The number of rotatable bonds is 6. The number of piperazine rings is 1. The van der Waals surface area contributed by atoms with E-state index < -0.39 is 15.8 Å². The molecule has 0 atom stereocenters. The van der Waals surface area contributed by atoms with Gasteiger partial charge in [-0.05, 0) is 36.7 Å². The SMILES string of the molecule is CN(CC(=O)N1CCN(S(=O)(=O)c2cccc(F)c2)CC1)Cc1cccs1. The number of thiophene rings is 1. The van der Waals surface area contributed by atoms with Crippen molar-refractivity contribution in [2.75, 3.05) is 39.8 Å². The predicted molar refractivity (Wildman–Crippen MR) is 102 cm³/mol. The Morgan fingerprint density at radius 2 is 1.93 bits per heavy atom. The van der Waals surface area contributed by atoms with Crippen LogP contribution in [0, 0.1) is 5.82 Å². The number of likely N-dealkylation sites (N-methyl/N-ethyl adjacent to an activating group) is 1. The van der Waals surface area contributed by atoms with Crippen LogP contribution in [0.2, 0.25) is 0 Å². The van der Waals surface area contributed by atoms with E-state index >= 15 is 0 Å². The molecule has 146 valence electrons. The second kappa shape index (κ2) is 8.47. The van der Waals surface area contributed by atoms with Crippen LogP contribution in [0.1, 0.15) is 4.88 Å². The van der Waals surface area contributed by atoms with Gasteiger partial charge in [-0.25, -0.2) is 12.8 Å². The van der Waals surface area contributed by atoms with Gasteiger partial charge in [0.05, 0.1) is 11.4 Å². The van der Waals surface area contributed by atoms with Gasteiger partial charge in [-0.2, -0.15) is 4.31 Å². The van der Waals surface area contributed by atoms with E-state index in [0.717, 1.165) is 6.07 Å². The lowest BCUT2D eigenvalue weighted by Crippen LogP contribution is -2.52. The van der Waals surface area contributed by atoms with Gasteiger partial charge in [-0.15, -0.1) is 11.3 Å². The Morgan fingerprint density at radius 3 is 2.56 bits per heavy atom. The third-order valence-electron chi connectivity index (χ3n) is 4.44. The van der Waals surface area contributed by atoms with E-state index in [1.54, 1.807) is 16.2 Å². The van der Waals surface area contributed by atoms with Crippen molar-refractivity contribution in [3.05, 3.63) is 52.5 Å². The van der Waals surface area contributed by atoms with Gasteiger partial charge in [0.1, 0.15) is 5.82 Å². The molecule has 1 aliphatic rings. The van der Waals surface area contributed by atoms with Crippen molar-refractivity contribution in [2.45, 2.75) is 11.4 Å². The van der Waals surface area contributed by atoms with Crippen molar-refractivity contribution in [3.8, 4) is 0 Å². The maximum absolute atomic E-state index is 13.3. The molecule has 3 rings (SSSR count). The molecule has 0 saturated carbocycles.